The Bertz CT molecular complexity index is 440. The predicted molar refractivity (Wildman–Crippen MR) is 76.3 cm³/mol. The molecule has 0 bridgehead atoms. The van der Waals surface area contributed by atoms with Crippen LogP contribution in [0.5, 0.6) is 0 Å². The molecule has 0 aliphatic carbocycles. The second kappa shape index (κ2) is 6.65. The van der Waals surface area contributed by atoms with Gasteiger partial charge in [0.25, 0.3) is 0 Å². The van der Waals surface area contributed by atoms with Gasteiger partial charge in [-0.1, -0.05) is 6.92 Å². The normalized spacial score (nSPS) is 21.6. The van der Waals surface area contributed by atoms with Gasteiger partial charge in [-0.25, -0.2) is 9.97 Å². The van der Waals surface area contributed by atoms with Gasteiger partial charge in [0.05, 0.1) is 0 Å². The zero-order valence-electron chi connectivity index (χ0n) is 12.0. The summed E-state index contributed by atoms with van der Waals surface area (Å²) in [6.07, 6.45) is 5.14. The Hall–Kier alpha value is -1.69. The molecular weight excluding hydrogens is 256 g/mol. The molecule has 0 spiro atoms. The third kappa shape index (κ3) is 3.25. The van der Waals surface area contributed by atoms with Crippen LogP contribution in [-0.4, -0.2) is 46.2 Å². The Labute approximate surface area is 119 Å². The lowest BCUT2D eigenvalue weighted by atomic mass is 10.0. The number of carbonyl (C=O) groups excluding carboxylic acids is 1. The summed E-state index contributed by atoms with van der Waals surface area (Å²) in [7, 11) is 0. The topological polar surface area (TPSA) is 78.4 Å². The molecule has 0 aromatic carbocycles. The Morgan fingerprint density at radius 2 is 2.20 bits per heavy atom. The van der Waals surface area contributed by atoms with Crippen LogP contribution in [0.15, 0.2) is 18.5 Å². The first-order valence-electron chi connectivity index (χ1n) is 7.08. The zero-order chi connectivity index (χ0) is 14.5. The lowest BCUT2D eigenvalue weighted by Crippen LogP contribution is -2.48. The number of hydrogen-bond acceptors (Lipinski definition) is 5. The zero-order valence-corrected chi connectivity index (χ0v) is 12.0. The molecule has 1 aromatic rings. The lowest BCUT2D eigenvalue weighted by Gasteiger charge is -2.26. The molecule has 20 heavy (non-hydrogen) atoms. The number of nitrogens with zero attached hydrogens (tertiary/aromatic N) is 3. The van der Waals surface area contributed by atoms with Crippen LogP contribution >= 0.6 is 0 Å². The molecule has 1 amide bonds. The van der Waals surface area contributed by atoms with Gasteiger partial charge in [0.15, 0.2) is 0 Å². The van der Waals surface area contributed by atoms with Crippen LogP contribution in [-0.2, 0) is 4.79 Å². The Balaban J connectivity index is 2.02. The van der Waals surface area contributed by atoms with E-state index in [0.29, 0.717) is 5.95 Å². The molecule has 2 N–H and O–H groups in total. The first-order valence-corrected chi connectivity index (χ1v) is 7.08. The van der Waals surface area contributed by atoms with Crippen LogP contribution in [0.4, 0.5) is 5.95 Å². The van der Waals surface area contributed by atoms with Gasteiger partial charge in [-0.2, -0.15) is 0 Å². The number of carbonyl (C=O) groups is 1. The lowest BCUT2D eigenvalue weighted by molar-refractivity contribution is -0.123. The van der Waals surface area contributed by atoms with E-state index in [1.54, 1.807) is 18.5 Å². The maximum absolute atomic E-state index is 12.4. The van der Waals surface area contributed by atoms with Crippen molar-refractivity contribution in [3.8, 4) is 0 Å². The van der Waals surface area contributed by atoms with Crippen molar-refractivity contribution in [3.05, 3.63) is 18.5 Å². The van der Waals surface area contributed by atoms with Gasteiger partial charge < -0.3 is 15.3 Å². The van der Waals surface area contributed by atoms with Crippen LogP contribution in [0.1, 0.15) is 26.7 Å². The van der Waals surface area contributed by atoms with Gasteiger partial charge in [-0.3, -0.25) is 4.79 Å². The molecule has 1 aromatic heterocycles. The Morgan fingerprint density at radius 3 is 2.85 bits per heavy atom. The van der Waals surface area contributed by atoms with E-state index in [-0.39, 0.29) is 30.5 Å². The monoisotopic (exact) mass is 278 g/mol. The second-order valence-corrected chi connectivity index (χ2v) is 5.36. The first-order chi connectivity index (χ1) is 9.63. The number of anilines is 1. The number of rotatable bonds is 5. The van der Waals surface area contributed by atoms with E-state index in [2.05, 4.69) is 15.3 Å². The molecule has 1 saturated heterocycles. The summed E-state index contributed by atoms with van der Waals surface area (Å²) in [5.74, 6) is 0.637. The highest BCUT2D eigenvalue weighted by Gasteiger charge is 2.33. The van der Waals surface area contributed by atoms with E-state index in [1.807, 2.05) is 18.7 Å². The van der Waals surface area contributed by atoms with E-state index >= 15 is 0 Å². The summed E-state index contributed by atoms with van der Waals surface area (Å²) in [6.45, 7) is 4.69. The molecule has 0 radical (unpaired) electrons. The molecule has 110 valence electrons. The van der Waals surface area contributed by atoms with Gasteiger partial charge >= 0.3 is 0 Å². The number of hydrogen-bond donors (Lipinski definition) is 2. The van der Waals surface area contributed by atoms with Crippen molar-refractivity contribution in [1.29, 1.82) is 0 Å². The van der Waals surface area contributed by atoms with E-state index in [4.69, 9.17) is 5.11 Å². The largest absolute Gasteiger partial charge is 0.396 e. The molecule has 1 fully saturated rings. The van der Waals surface area contributed by atoms with Crippen LogP contribution in [0.3, 0.4) is 0 Å². The molecular formula is C14H22N4O2. The van der Waals surface area contributed by atoms with Crippen LogP contribution in [0.25, 0.3) is 0 Å². The minimum atomic E-state index is -0.217. The number of aromatic nitrogens is 2. The van der Waals surface area contributed by atoms with Gasteiger partial charge in [-0.05, 0) is 31.7 Å². The number of aliphatic hydroxyl groups excluding tert-OH is 1. The van der Waals surface area contributed by atoms with E-state index in [9.17, 15) is 4.79 Å². The third-order valence-electron chi connectivity index (χ3n) is 3.88. The van der Waals surface area contributed by atoms with Crippen molar-refractivity contribution in [2.75, 3.05) is 18.1 Å². The van der Waals surface area contributed by atoms with Crippen molar-refractivity contribution < 1.29 is 9.90 Å². The maximum atomic E-state index is 12.4. The number of amides is 1. The fraction of sp³-hybridized carbons (Fsp3) is 0.643. The van der Waals surface area contributed by atoms with Gasteiger partial charge in [-0.15, -0.1) is 0 Å². The van der Waals surface area contributed by atoms with Crippen molar-refractivity contribution >= 4 is 11.9 Å². The highest BCUT2D eigenvalue weighted by molar-refractivity contribution is 5.85. The minimum absolute atomic E-state index is 0.0113. The number of nitrogens with one attached hydrogen (secondary N) is 1. The molecule has 6 heteroatoms. The summed E-state index contributed by atoms with van der Waals surface area (Å²) < 4.78 is 0. The van der Waals surface area contributed by atoms with E-state index < -0.39 is 0 Å². The summed E-state index contributed by atoms with van der Waals surface area (Å²) >= 11 is 0. The Morgan fingerprint density at radius 1 is 1.50 bits per heavy atom. The quantitative estimate of drug-likeness (QED) is 0.823. The molecule has 1 aliphatic rings. The minimum Gasteiger partial charge on any atom is -0.396 e. The van der Waals surface area contributed by atoms with Gasteiger partial charge in [0.1, 0.15) is 6.04 Å². The summed E-state index contributed by atoms with van der Waals surface area (Å²) in [4.78, 5) is 22.8. The standard InChI is InChI=1S/C14H22N4O2/c1-10(9-19)11(2)17-13(20)12-5-3-8-18(12)14-15-6-4-7-16-14/h4,6-7,10-12,19H,3,5,8-9H2,1-2H3,(H,17,20). The van der Waals surface area contributed by atoms with Crippen molar-refractivity contribution in [2.45, 2.75) is 38.8 Å². The molecule has 6 nitrogen and oxygen atoms in total. The predicted octanol–water partition coefficient (Wildman–Crippen LogP) is 0.578. The summed E-state index contributed by atoms with van der Waals surface area (Å²) in [5.41, 5.74) is 0. The second-order valence-electron chi connectivity index (χ2n) is 5.36. The first kappa shape index (κ1) is 14.7. The fourth-order valence-corrected chi connectivity index (χ4v) is 2.34. The summed E-state index contributed by atoms with van der Waals surface area (Å²) in [6, 6.07) is 1.50. The molecule has 2 rings (SSSR count). The van der Waals surface area contributed by atoms with Gasteiger partial charge in [0.2, 0.25) is 11.9 Å². The molecule has 3 unspecified atom stereocenters. The van der Waals surface area contributed by atoms with Crippen molar-refractivity contribution in [1.82, 2.24) is 15.3 Å². The number of aliphatic hydroxyl groups is 1. The van der Waals surface area contributed by atoms with Crippen LogP contribution in [0, 0.1) is 5.92 Å². The molecule has 0 saturated carbocycles. The van der Waals surface area contributed by atoms with Crippen LogP contribution < -0.4 is 10.2 Å². The average Bonchev–Trinajstić information content (AvgIpc) is 2.96. The van der Waals surface area contributed by atoms with Crippen molar-refractivity contribution in [2.24, 2.45) is 5.92 Å². The molecule has 2 heterocycles. The smallest absolute Gasteiger partial charge is 0.243 e. The summed E-state index contributed by atoms with van der Waals surface area (Å²) in [5, 5.41) is 12.1. The van der Waals surface area contributed by atoms with Gasteiger partial charge in [0, 0.05) is 31.6 Å². The molecule has 1 aliphatic heterocycles. The highest BCUT2D eigenvalue weighted by Crippen LogP contribution is 2.22. The fourth-order valence-electron chi connectivity index (χ4n) is 2.34. The molecule has 3 atom stereocenters. The van der Waals surface area contributed by atoms with E-state index in [1.165, 1.54) is 0 Å². The Kier molecular flexibility index (Phi) is 4.89. The van der Waals surface area contributed by atoms with Crippen LogP contribution in [0.2, 0.25) is 0 Å². The average molecular weight is 278 g/mol. The maximum Gasteiger partial charge on any atom is 0.243 e. The van der Waals surface area contributed by atoms with E-state index in [0.717, 1.165) is 19.4 Å². The van der Waals surface area contributed by atoms with Crippen molar-refractivity contribution in [3.63, 3.8) is 0 Å². The SMILES string of the molecule is CC(CO)C(C)NC(=O)C1CCCN1c1ncccn1. The highest BCUT2D eigenvalue weighted by atomic mass is 16.3. The third-order valence-corrected chi connectivity index (χ3v) is 3.88.